The van der Waals surface area contributed by atoms with Gasteiger partial charge in [0.05, 0.1) is 19.4 Å². The Bertz CT molecular complexity index is 677. The van der Waals surface area contributed by atoms with Crippen LogP contribution < -0.4 is 10.6 Å². The van der Waals surface area contributed by atoms with Crippen LogP contribution >= 0.6 is 15.9 Å². The van der Waals surface area contributed by atoms with Crippen LogP contribution in [0.25, 0.3) is 0 Å². The number of rotatable bonds is 6. The first-order valence-corrected chi connectivity index (χ1v) is 8.77. The lowest BCUT2D eigenvalue weighted by atomic mass is 10.2. The molecule has 0 atom stereocenters. The third-order valence-electron chi connectivity index (χ3n) is 3.82. The molecule has 1 aromatic heterocycles. The standard InChI is InChI=1S/C16H21BrN6O/c1-12-2-3-13(10-14(12)17)20-15-11-19-22-16(21-15)18-4-5-23-6-8-24-9-7-23/h2-3,10-11H,4-9H2,1H3,(H2,18,20,21,22). The first-order valence-electron chi connectivity index (χ1n) is 7.97. The van der Waals surface area contributed by atoms with E-state index in [-0.39, 0.29) is 0 Å². The van der Waals surface area contributed by atoms with Gasteiger partial charge in [-0.3, -0.25) is 4.90 Å². The lowest BCUT2D eigenvalue weighted by Crippen LogP contribution is -2.39. The lowest BCUT2D eigenvalue weighted by Gasteiger charge is -2.26. The molecule has 3 rings (SSSR count). The first-order chi connectivity index (χ1) is 11.7. The maximum atomic E-state index is 5.34. The lowest BCUT2D eigenvalue weighted by molar-refractivity contribution is 0.0398. The summed E-state index contributed by atoms with van der Waals surface area (Å²) < 4.78 is 6.40. The molecular formula is C16H21BrN6O. The van der Waals surface area contributed by atoms with Crippen molar-refractivity contribution >= 4 is 33.4 Å². The molecule has 0 unspecified atom stereocenters. The molecule has 0 aliphatic carbocycles. The van der Waals surface area contributed by atoms with Gasteiger partial charge in [0.25, 0.3) is 0 Å². The smallest absolute Gasteiger partial charge is 0.244 e. The third-order valence-corrected chi connectivity index (χ3v) is 4.67. The van der Waals surface area contributed by atoms with Crippen molar-refractivity contribution in [3.05, 3.63) is 34.4 Å². The van der Waals surface area contributed by atoms with E-state index in [1.807, 2.05) is 18.2 Å². The van der Waals surface area contributed by atoms with Crippen molar-refractivity contribution < 1.29 is 4.74 Å². The predicted molar refractivity (Wildman–Crippen MR) is 97.7 cm³/mol. The fourth-order valence-corrected chi connectivity index (χ4v) is 2.79. The minimum atomic E-state index is 0.527. The molecule has 24 heavy (non-hydrogen) atoms. The van der Waals surface area contributed by atoms with E-state index in [0.717, 1.165) is 49.6 Å². The molecule has 2 aromatic rings. The van der Waals surface area contributed by atoms with Gasteiger partial charge >= 0.3 is 0 Å². The zero-order valence-corrected chi connectivity index (χ0v) is 15.2. The number of aryl methyl sites for hydroxylation is 1. The summed E-state index contributed by atoms with van der Waals surface area (Å²) >= 11 is 3.53. The summed E-state index contributed by atoms with van der Waals surface area (Å²) in [6.07, 6.45) is 1.61. The van der Waals surface area contributed by atoms with E-state index >= 15 is 0 Å². The second-order valence-corrected chi connectivity index (χ2v) is 6.49. The third kappa shape index (κ3) is 4.86. The number of benzene rings is 1. The van der Waals surface area contributed by atoms with Gasteiger partial charge in [0.15, 0.2) is 5.82 Å². The molecule has 128 valence electrons. The van der Waals surface area contributed by atoms with E-state index in [1.54, 1.807) is 6.20 Å². The Morgan fingerprint density at radius 1 is 1.29 bits per heavy atom. The van der Waals surface area contributed by atoms with Crippen LogP contribution in [0.5, 0.6) is 0 Å². The largest absolute Gasteiger partial charge is 0.379 e. The number of anilines is 3. The average Bonchev–Trinajstić information content (AvgIpc) is 2.60. The molecule has 0 radical (unpaired) electrons. The van der Waals surface area contributed by atoms with Crippen LogP contribution in [-0.4, -0.2) is 59.5 Å². The first kappa shape index (κ1) is 17.1. The van der Waals surface area contributed by atoms with Gasteiger partial charge in [0.2, 0.25) is 5.95 Å². The maximum absolute atomic E-state index is 5.34. The van der Waals surface area contributed by atoms with E-state index in [0.29, 0.717) is 11.8 Å². The van der Waals surface area contributed by atoms with Crippen LogP contribution in [-0.2, 0) is 4.74 Å². The van der Waals surface area contributed by atoms with Gasteiger partial charge in [0.1, 0.15) is 0 Å². The molecule has 1 aromatic carbocycles. The van der Waals surface area contributed by atoms with Crippen molar-refractivity contribution in [2.45, 2.75) is 6.92 Å². The van der Waals surface area contributed by atoms with Crippen molar-refractivity contribution in [2.75, 3.05) is 50.0 Å². The number of ether oxygens (including phenoxy) is 1. The number of nitrogens with zero attached hydrogens (tertiary/aromatic N) is 4. The Kier molecular flexibility index (Phi) is 5.95. The van der Waals surface area contributed by atoms with Crippen LogP contribution in [0.2, 0.25) is 0 Å². The van der Waals surface area contributed by atoms with Gasteiger partial charge in [-0.05, 0) is 24.6 Å². The quantitative estimate of drug-likeness (QED) is 0.781. The molecule has 0 bridgehead atoms. The average molecular weight is 393 g/mol. The summed E-state index contributed by atoms with van der Waals surface area (Å²) in [6.45, 7) is 7.34. The van der Waals surface area contributed by atoms with Crippen LogP contribution in [0.3, 0.4) is 0 Å². The maximum Gasteiger partial charge on any atom is 0.244 e. The molecule has 0 spiro atoms. The Morgan fingerprint density at radius 2 is 2.12 bits per heavy atom. The van der Waals surface area contributed by atoms with E-state index in [9.17, 15) is 0 Å². The number of nitrogens with one attached hydrogen (secondary N) is 2. The fraction of sp³-hybridized carbons (Fsp3) is 0.438. The molecule has 1 fully saturated rings. The van der Waals surface area contributed by atoms with Crippen molar-refractivity contribution in [1.82, 2.24) is 20.1 Å². The molecule has 0 amide bonds. The van der Waals surface area contributed by atoms with E-state index in [1.165, 1.54) is 5.56 Å². The van der Waals surface area contributed by atoms with Gasteiger partial charge in [-0.1, -0.05) is 22.0 Å². The molecule has 1 aliphatic rings. The molecule has 0 saturated carbocycles. The van der Waals surface area contributed by atoms with E-state index in [4.69, 9.17) is 4.74 Å². The Balaban J connectivity index is 1.54. The number of hydrogen-bond donors (Lipinski definition) is 2. The van der Waals surface area contributed by atoms with E-state index < -0.39 is 0 Å². The summed E-state index contributed by atoms with van der Waals surface area (Å²) in [5.74, 6) is 1.19. The summed E-state index contributed by atoms with van der Waals surface area (Å²) in [7, 11) is 0. The zero-order chi connectivity index (χ0) is 16.8. The molecule has 1 aliphatic heterocycles. The number of halogens is 1. The highest BCUT2D eigenvalue weighted by Gasteiger charge is 2.09. The van der Waals surface area contributed by atoms with Crippen LogP contribution in [0.15, 0.2) is 28.9 Å². The van der Waals surface area contributed by atoms with Crippen molar-refractivity contribution in [3.63, 3.8) is 0 Å². The normalized spacial score (nSPS) is 15.2. The van der Waals surface area contributed by atoms with Gasteiger partial charge in [-0.2, -0.15) is 10.1 Å². The summed E-state index contributed by atoms with van der Waals surface area (Å²) in [5, 5.41) is 14.5. The van der Waals surface area contributed by atoms with Crippen molar-refractivity contribution in [3.8, 4) is 0 Å². The summed E-state index contributed by atoms with van der Waals surface area (Å²) in [4.78, 5) is 6.81. The highest BCUT2D eigenvalue weighted by Crippen LogP contribution is 2.22. The molecule has 1 saturated heterocycles. The van der Waals surface area contributed by atoms with Gasteiger partial charge in [0, 0.05) is 36.3 Å². The summed E-state index contributed by atoms with van der Waals surface area (Å²) in [5.41, 5.74) is 2.14. The molecular weight excluding hydrogens is 372 g/mol. The van der Waals surface area contributed by atoms with Crippen LogP contribution in [0.1, 0.15) is 5.56 Å². The summed E-state index contributed by atoms with van der Waals surface area (Å²) in [6, 6.07) is 6.07. The van der Waals surface area contributed by atoms with E-state index in [2.05, 4.69) is 53.6 Å². The fourth-order valence-electron chi connectivity index (χ4n) is 2.41. The molecule has 2 heterocycles. The molecule has 7 nitrogen and oxygen atoms in total. The second-order valence-electron chi connectivity index (χ2n) is 5.63. The number of aromatic nitrogens is 3. The SMILES string of the molecule is Cc1ccc(Nc2cnnc(NCCN3CCOCC3)n2)cc1Br. The highest BCUT2D eigenvalue weighted by molar-refractivity contribution is 9.10. The van der Waals surface area contributed by atoms with Crippen LogP contribution in [0, 0.1) is 6.92 Å². The monoisotopic (exact) mass is 392 g/mol. The topological polar surface area (TPSA) is 75.2 Å². The zero-order valence-electron chi connectivity index (χ0n) is 13.6. The Morgan fingerprint density at radius 3 is 2.92 bits per heavy atom. The van der Waals surface area contributed by atoms with Crippen LogP contribution in [0.4, 0.5) is 17.5 Å². The van der Waals surface area contributed by atoms with Gasteiger partial charge in [-0.15, -0.1) is 5.10 Å². The second kappa shape index (κ2) is 8.36. The van der Waals surface area contributed by atoms with Gasteiger partial charge in [-0.25, -0.2) is 0 Å². The number of morpholine rings is 1. The Labute approximate surface area is 150 Å². The van der Waals surface area contributed by atoms with Crippen molar-refractivity contribution in [2.24, 2.45) is 0 Å². The molecule has 8 heteroatoms. The minimum absolute atomic E-state index is 0.527. The van der Waals surface area contributed by atoms with Gasteiger partial charge < -0.3 is 15.4 Å². The molecule has 2 N–H and O–H groups in total. The van der Waals surface area contributed by atoms with Crippen molar-refractivity contribution in [1.29, 1.82) is 0 Å². The predicted octanol–water partition coefficient (Wildman–Crippen LogP) is 2.43. The number of hydrogen-bond acceptors (Lipinski definition) is 7. The minimum Gasteiger partial charge on any atom is -0.379 e. The Hall–Kier alpha value is -1.77. The highest BCUT2D eigenvalue weighted by atomic mass is 79.9.